The Labute approximate surface area is 198 Å². The number of benzene rings is 3. The molecule has 0 N–H and O–H groups in total. The van der Waals surface area contributed by atoms with Crippen molar-refractivity contribution in [3.05, 3.63) is 118 Å². The van der Waals surface area contributed by atoms with Gasteiger partial charge in [-0.2, -0.15) is 0 Å². The molecule has 1 amide bonds. The van der Waals surface area contributed by atoms with E-state index in [1.807, 2.05) is 29.2 Å². The molecule has 0 atom stereocenters. The molecule has 0 spiro atoms. The van der Waals surface area contributed by atoms with Gasteiger partial charge < -0.3 is 9.47 Å². The standard InChI is InChI=1S/C29H27N3O2/c33-28(25-20-24-13-7-12-23-14-15-32(27(23)24)29(25)34)31-18-16-30(17-19-31)26(21-8-3-1-4-9-21)22-10-5-2-6-11-22/h1-13,20,26H,14-19H2. The summed E-state index contributed by atoms with van der Waals surface area (Å²) in [6.45, 7) is 3.37. The molecule has 3 aromatic carbocycles. The van der Waals surface area contributed by atoms with Gasteiger partial charge in [-0.1, -0.05) is 78.9 Å². The fourth-order valence-corrected chi connectivity index (χ4v) is 5.56. The van der Waals surface area contributed by atoms with E-state index in [1.54, 1.807) is 10.6 Å². The van der Waals surface area contributed by atoms with Gasteiger partial charge in [0.25, 0.3) is 11.5 Å². The van der Waals surface area contributed by atoms with Crippen LogP contribution in [0.25, 0.3) is 10.9 Å². The number of para-hydroxylation sites is 1. The van der Waals surface area contributed by atoms with E-state index >= 15 is 0 Å². The lowest BCUT2D eigenvalue weighted by atomic mass is 9.96. The first-order valence-corrected chi connectivity index (χ1v) is 12.0. The Morgan fingerprint density at radius 3 is 2.03 bits per heavy atom. The van der Waals surface area contributed by atoms with Gasteiger partial charge in [-0.15, -0.1) is 0 Å². The van der Waals surface area contributed by atoms with Crippen molar-refractivity contribution in [2.75, 3.05) is 26.2 Å². The van der Waals surface area contributed by atoms with Gasteiger partial charge in [0.15, 0.2) is 0 Å². The van der Waals surface area contributed by atoms with E-state index in [1.165, 1.54) is 16.7 Å². The van der Waals surface area contributed by atoms with Gasteiger partial charge in [0, 0.05) is 32.7 Å². The maximum Gasteiger partial charge on any atom is 0.263 e. The first-order valence-electron chi connectivity index (χ1n) is 12.0. The normalized spacial score (nSPS) is 15.9. The Morgan fingerprint density at radius 1 is 0.735 bits per heavy atom. The number of aromatic nitrogens is 1. The molecule has 6 rings (SSSR count). The van der Waals surface area contributed by atoms with Crippen LogP contribution in [0.4, 0.5) is 0 Å². The molecule has 2 aliphatic rings. The molecule has 5 nitrogen and oxygen atoms in total. The molecule has 1 aromatic heterocycles. The molecule has 4 aromatic rings. The molecule has 1 saturated heterocycles. The van der Waals surface area contributed by atoms with Gasteiger partial charge in [0.05, 0.1) is 11.6 Å². The summed E-state index contributed by atoms with van der Waals surface area (Å²) in [5, 5.41) is 0.977. The van der Waals surface area contributed by atoms with E-state index in [2.05, 4.69) is 59.5 Å². The zero-order valence-electron chi connectivity index (χ0n) is 19.1. The van der Waals surface area contributed by atoms with Gasteiger partial charge in [-0.25, -0.2) is 0 Å². The third-order valence-electron chi connectivity index (χ3n) is 7.23. The molecule has 1 fully saturated rings. The van der Waals surface area contributed by atoms with Crippen LogP contribution >= 0.6 is 0 Å². The van der Waals surface area contributed by atoms with Crippen LogP contribution in [0, 0.1) is 0 Å². The van der Waals surface area contributed by atoms with E-state index in [0.29, 0.717) is 25.2 Å². The van der Waals surface area contributed by atoms with Gasteiger partial charge in [-0.05, 0) is 34.6 Å². The summed E-state index contributed by atoms with van der Waals surface area (Å²) in [4.78, 5) is 30.9. The molecular weight excluding hydrogens is 422 g/mol. The molecule has 5 heteroatoms. The van der Waals surface area contributed by atoms with Crippen molar-refractivity contribution in [3.63, 3.8) is 0 Å². The van der Waals surface area contributed by atoms with Crippen molar-refractivity contribution in [2.24, 2.45) is 0 Å². The predicted molar refractivity (Wildman–Crippen MR) is 134 cm³/mol. The number of hydrogen-bond donors (Lipinski definition) is 0. The van der Waals surface area contributed by atoms with Crippen molar-refractivity contribution in [1.29, 1.82) is 0 Å². The second kappa shape index (κ2) is 8.58. The zero-order valence-corrected chi connectivity index (χ0v) is 19.1. The Bertz CT molecular complexity index is 1360. The summed E-state index contributed by atoms with van der Waals surface area (Å²) in [7, 11) is 0. The highest BCUT2D eigenvalue weighted by molar-refractivity contribution is 5.98. The van der Waals surface area contributed by atoms with E-state index in [9.17, 15) is 9.59 Å². The number of rotatable bonds is 4. The maximum absolute atomic E-state index is 13.5. The van der Waals surface area contributed by atoms with E-state index in [4.69, 9.17) is 0 Å². The quantitative estimate of drug-likeness (QED) is 0.471. The molecular formula is C29H27N3O2. The number of piperazine rings is 1. The summed E-state index contributed by atoms with van der Waals surface area (Å²) >= 11 is 0. The molecule has 0 bridgehead atoms. The van der Waals surface area contributed by atoms with Crippen LogP contribution in [0.2, 0.25) is 0 Å². The number of carbonyl (C=O) groups is 1. The van der Waals surface area contributed by atoms with Crippen molar-refractivity contribution < 1.29 is 4.79 Å². The third kappa shape index (κ3) is 3.53. The van der Waals surface area contributed by atoms with Gasteiger partial charge >= 0.3 is 0 Å². The number of hydrogen-bond acceptors (Lipinski definition) is 3. The monoisotopic (exact) mass is 449 g/mol. The first-order chi connectivity index (χ1) is 16.7. The van der Waals surface area contributed by atoms with Gasteiger partial charge in [-0.3, -0.25) is 14.5 Å². The SMILES string of the molecule is O=C(c1cc2cccc3c2n(c1=O)CC3)N1CCN(C(c2ccccc2)c2ccccc2)CC1. The van der Waals surface area contributed by atoms with Crippen LogP contribution < -0.4 is 5.56 Å². The largest absolute Gasteiger partial charge is 0.336 e. The summed E-state index contributed by atoms with van der Waals surface area (Å²) in [6, 6.07) is 29.1. The molecule has 3 heterocycles. The molecule has 0 radical (unpaired) electrons. The van der Waals surface area contributed by atoms with Crippen LogP contribution in [0.3, 0.4) is 0 Å². The van der Waals surface area contributed by atoms with Crippen molar-refractivity contribution in [1.82, 2.24) is 14.4 Å². The molecule has 170 valence electrons. The number of carbonyl (C=O) groups excluding carboxylic acids is 1. The van der Waals surface area contributed by atoms with E-state index in [-0.39, 0.29) is 17.5 Å². The summed E-state index contributed by atoms with van der Waals surface area (Å²) in [5.74, 6) is -0.149. The maximum atomic E-state index is 13.5. The van der Waals surface area contributed by atoms with Crippen LogP contribution in [-0.2, 0) is 13.0 Å². The lowest BCUT2D eigenvalue weighted by Crippen LogP contribution is -2.50. The Morgan fingerprint density at radius 2 is 1.38 bits per heavy atom. The summed E-state index contributed by atoms with van der Waals surface area (Å²) in [5.41, 5.74) is 4.82. The highest BCUT2D eigenvalue weighted by Crippen LogP contribution is 2.30. The minimum atomic E-state index is -0.156. The van der Waals surface area contributed by atoms with Gasteiger partial charge in [0.2, 0.25) is 0 Å². The second-order valence-corrected chi connectivity index (χ2v) is 9.17. The minimum Gasteiger partial charge on any atom is -0.336 e. The molecule has 0 aliphatic carbocycles. The van der Waals surface area contributed by atoms with Gasteiger partial charge in [0.1, 0.15) is 5.56 Å². The Balaban J connectivity index is 1.25. The molecule has 0 unspecified atom stereocenters. The van der Waals surface area contributed by atoms with Crippen LogP contribution in [0.15, 0.2) is 89.7 Å². The van der Waals surface area contributed by atoms with Crippen molar-refractivity contribution in [3.8, 4) is 0 Å². The molecule has 34 heavy (non-hydrogen) atoms. The van der Waals surface area contributed by atoms with Crippen molar-refractivity contribution in [2.45, 2.75) is 19.0 Å². The third-order valence-corrected chi connectivity index (χ3v) is 7.23. The predicted octanol–water partition coefficient (Wildman–Crippen LogP) is 4.11. The second-order valence-electron chi connectivity index (χ2n) is 9.17. The number of pyridine rings is 1. The lowest BCUT2D eigenvalue weighted by molar-refractivity contribution is 0.0595. The summed E-state index contributed by atoms with van der Waals surface area (Å²) in [6.07, 6.45) is 0.850. The number of aryl methyl sites for hydroxylation is 2. The average molecular weight is 450 g/mol. The van der Waals surface area contributed by atoms with E-state index < -0.39 is 0 Å². The average Bonchev–Trinajstić information content (AvgIpc) is 3.34. The van der Waals surface area contributed by atoms with Crippen LogP contribution in [-0.4, -0.2) is 46.5 Å². The molecule has 0 saturated carbocycles. The fraction of sp³-hybridized carbons (Fsp3) is 0.241. The highest BCUT2D eigenvalue weighted by atomic mass is 16.2. The topological polar surface area (TPSA) is 45.6 Å². The zero-order chi connectivity index (χ0) is 23.1. The number of nitrogens with zero attached hydrogens (tertiary/aromatic N) is 3. The minimum absolute atomic E-state index is 0.144. The lowest BCUT2D eigenvalue weighted by Gasteiger charge is -2.39. The first kappa shape index (κ1) is 20.9. The fourth-order valence-electron chi connectivity index (χ4n) is 5.56. The summed E-state index contributed by atoms with van der Waals surface area (Å²) < 4.78 is 1.79. The smallest absolute Gasteiger partial charge is 0.263 e. The Hall–Kier alpha value is -3.70. The Kier molecular flexibility index (Phi) is 5.27. The highest BCUT2D eigenvalue weighted by Gasteiger charge is 2.30. The number of amides is 1. The molecule has 2 aliphatic heterocycles. The van der Waals surface area contributed by atoms with Crippen LogP contribution in [0.1, 0.15) is 33.1 Å². The van der Waals surface area contributed by atoms with Crippen LogP contribution in [0.5, 0.6) is 0 Å². The van der Waals surface area contributed by atoms with E-state index in [0.717, 1.165) is 30.4 Å². The van der Waals surface area contributed by atoms with Crippen molar-refractivity contribution >= 4 is 16.8 Å².